The second kappa shape index (κ2) is 6.38. The van der Waals surface area contributed by atoms with E-state index in [4.69, 9.17) is 9.26 Å². The van der Waals surface area contributed by atoms with E-state index in [1.165, 1.54) is 0 Å². The summed E-state index contributed by atoms with van der Waals surface area (Å²) in [6, 6.07) is 7.02. The largest absolute Gasteiger partial charge is 0.462 e. The molecule has 6 heteroatoms. The lowest BCUT2D eigenvalue weighted by molar-refractivity contribution is -0.670. The molecule has 0 amide bonds. The zero-order chi connectivity index (χ0) is 13.7. The van der Waals surface area contributed by atoms with Gasteiger partial charge < -0.3 is 4.74 Å². The number of benzene rings is 1. The third-order valence-corrected chi connectivity index (χ3v) is 3.13. The molecule has 0 spiro atoms. The summed E-state index contributed by atoms with van der Waals surface area (Å²) < 4.78 is 11.7. The van der Waals surface area contributed by atoms with Crippen LogP contribution in [0.1, 0.15) is 24.2 Å². The molecule has 5 nitrogen and oxygen atoms in total. The summed E-state index contributed by atoms with van der Waals surface area (Å²) in [5.74, 6) is 0.609. The van der Waals surface area contributed by atoms with Gasteiger partial charge >= 0.3 is 5.97 Å². The Labute approximate surface area is 115 Å². The summed E-state index contributed by atoms with van der Waals surface area (Å²) in [4.78, 5) is 11.5. The van der Waals surface area contributed by atoms with Gasteiger partial charge in [0, 0.05) is 12.1 Å². The van der Waals surface area contributed by atoms with Gasteiger partial charge in [-0.15, -0.1) is 0 Å². The van der Waals surface area contributed by atoms with Crippen LogP contribution in [0, 0.1) is 0 Å². The number of nitrogens with zero attached hydrogens (tertiary/aromatic N) is 2. The summed E-state index contributed by atoms with van der Waals surface area (Å²) in [5, 5.41) is 4.68. The van der Waals surface area contributed by atoms with Gasteiger partial charge in [0.15, 0.2) is 0 Å². The summed E-state index contributed by atoms with van der Waals surface area (Å²) in [6.07, 6.45) is 1.81. The van der Waals surface area contributed by atoms with E-state index in [-0.39, 0.29) is 5.97 Å². The average molecular weight is 279 g/mol. The highest BCUT2D eigenvalue weighted by Crippen LogP contribution is 2.14. The number of hydrogen-bond donors (Lipinski definition) is 0. The molecule has 1 aromatic carbocycles. The zero-order valence-electron chi connectivity index (χ0n) is 10.8. The Bertz CT molecular complexity index is 551. The van der Waals surface area contributed by atoms with Crippen LogP contribution in [0.15, 0.2) is 40.1 Å². The lowest BCUT2D eigenvalue weighted by Crippen LogP contribution is -2.31. The maximum Gasteiger partial charge on any atom is 0.338 e. The molecule has 0 aliphatic heterocycles. The molecule has 0 fully saturated rings. The Hall–Kier alpha value is -1.82. The van der Waals surface area contributed by atoms with Gasteiger partial charge in [0.1, 0.15) is 0 Å². The molecule has 1 heterocycles. The number of ether oxygens (including phenoxy) is 1. The third kappa shape index (κ3) is 3.35. The van der Waals surface area contributed by atoms with Crippen LogP contribution in [0.2, 0.25) is 0 Å². The quantitative estimate of drug-likeness (QED) is 0.477. The van der Waals surface area contributed by atoms with Gasteiger partial charge in [-0.05, 0) is 29.5 Å². The van der Waals surface area contributed by atoms with Crippen molar-refractivity contribution in [1.29, 1.82) is 0 Å². The Balaban J connectivity index is 2.15. The van der Waals surface area contributed by atoms with Crippen LogP contribution in [0.3, 0.4) is 0 Å². The molecule has 2 rings (SSSR count). The molecule has 19 heavy (non-hydrogen) atoms. The van der Waals surface area contributed by atoms with Crippen LogP contribution in [0.25, 0.3) is 5.69 Å². The van der Waals surface area contributed by atoms with Crippen LogP contribution < -0.4 is 4.68 Å². The van der Waals surface area contributed by atoms with Gasteiger partial charge in [0.2, 0.25) is 11.0 Å². The van der Waals surface area contributed by atoms with Crippen molar-refractivity contribution in [3.8, 4) is 5.69 Å². The molecule has 100 valence electrons. The maximum absolute atomic E-state index is 11.5. The SMILES string of the molecule is CCOC(=O)c1ccc(-[n+]2cc(SCC)on2)cc1. The molecule has 0 radical (unpaired) electrons. The fourth-order valence-corrected chi connectivity index (χ4v) is 2.07. The molecule has 0 saturated carbocycles. The number of rotatable bonds is 5. The minimum absolute atomic E-state index is 0.318. The van der Waals surface area contributed by atoms with E-state index in [9.17, 15) is 4.79 Å². The van der Waals surface area contributed by atoms with Crippen molar-refractivity contribution >= 4 is 17.7 Å². The van der Waals surface area contributed by atoms with Crippen molar-refractivity contribution in [3.63, 3.8) is 0 Å². The molecule has 1 aromatic heterocycles. The van der Waals surface area contributed by atoms with E-state index in [1.807, 2.05) is 13.1 Å². The Morgan fingerprint density at radius 2 is 2.11 bits per heavy atom. The van der Waals surface area contributed by atoms with Crippen molar-refractivity contribution in [2.24, 2.45) is 0 Å². The van der Waals surface area contributed by atoms with E-state index < -0.39 is 0 Å². The predicted molar refractivity (Wildman–Crippen MR) is 70.4 cm³/mol. The fraction of sp³-hybridized carbons (Fsp3) is 0.308. The van der Waals surface area contributed by atoms with Crippen molar-refractivity contribution in [1.82, 2.24) is 5.27 Å². The van der Waals surface area contributed by atoms with Gasteiger partial charge in [0.25, 0.3) is 11.3 Å². The standard InChI is InChI=1S/C13H15N2O3S/c1-3-17-13(16)10-5-7-11(8-6-10)15-9-12(18-14-15)19-4-2/h5-9H,3-4H2,1-2H3/q+1. The molecule has 0 bridgehead atoms. The lowest BCUT2D eigenvalue weighted by atomic mass is 10.2. The van der Waals surface area contributed by atoms with Crippen molar-refractivity contribution < 1.29 is 18.7 Å². The Kier molecular flexibility index (Phi) is 4.57. The minimum atomic E-state index is -0.318. The van der Waals surface area contributed by atoms with Crippen molar-refractivity contribution in [2.75, 3.05) is 12.4 Å². The Morgan fingerprint density at radius 3 is 2.74 bits per heavy atom. The molecule has 0 unspecified atom stereocenters. The van der Waals surface area contributed by atoms with E-state index in [0.29, 0.717) is 12.2 Å². The number of aromatic nitrogens is 2. The molecule has 0 atom stereocenters. The molecule has 0 aliphatic carbocycles. The van der Waals surface area contributed by atoms with Crippen LogP contribution in [0.4, 0.5) is 0 Å². The number of hydrogen-bond acceptors (Lipinski definition) is 5. The second-order valence-electron chi connectivity index (χ2n) is 3.67. The molecule has 0 N–H and O–H groups in total. The first-order valence-corrected chi connectivity index (χ1v) is 7.02. The first-order valence-electron chi connectivity index (χ1n) is 6.03. The summed E-state index contributed by atoms with van der Waals surface area (Å²) in [7, 11) is 0. The number of esters is 1. The monoisotopic (exact) mass is 279 g/mol. The fourth-order valence-electron chi connectivity index (χ4n) is 1.52. The van der Waals surface area contributed by atoms with Crippen LogP contribution in [-0.4, -0.2) is 23.6 Å². The van der Waals surface area contributed by atoms with E-state index in [2.05, 4.69) is 5.27 Å². The predicted octanol–water partition coefficient (Wildman–Crippen LogP) is 2.24. The van der Waals surface area contributed by atoms with Gasteiger partial charge in [-0.3, -0.25) is 4.52 Å². The normalized spacial score (nSPS) is 10.4. The molecule has 2 aromatic rings. The third-order valence-electron chi connectivity index (χ3n) is 2.38. The molecule has 0 aliphatic rings. The second-order valence-corrected chi connectivity index (χ2v) is 4.93. The zero-order valence-corrected chi connectivity index (χ0v) is 11.6. The van der Waals surface area contributed by atoms with Crippen LogP contribution in [-0.2, 0) is 4.74 Å². The number of carbonyl (C=O) groups excluding carboxylic acids is 1. The van der Waals surface area contributed by atoms with Gasteiger partial charge in [-0.2, -0.15) is 0 Å². The van der Waals surface area contributed by atoms with E-state index >= 15 is 0 Å². The number of thioether (sulfide) groups is 1. The first kappa shape index (κ1) is 13.6. The maximum atomic E-state index is 11.5. The summed E-state index contributed by atoms with van der Waals surface area (Å²) in [5.41, 5.74) is 1.36. The topological polar surface area (TPSA) is 56.2 Å². The number of carbonyl (C=O) groups is 1. The Morgan fingerprint density at radius 1 is 1.37 bits per heavy atom. The van der Waals surface area contributed by atoms with Gasteiger partial charge in [-0.25, -0.2) is 4.79 Å². The van der Waals surface area contributed by atoms with Gasteiger partial charge in [-0.1, -0.05) is 18.7 Å². The molecular weight excluding hydrogens is 264 g/mol. The van der Waals surface area contributed by atoms with Crippen molar-refractivity contribution in [2.45, 2.75) is 18.9 Å². The van der Waals surface area contributed by atoms with Crippen LogP contribution >= 0.6 is 11.8 Å². The van der Waals surface area contributed by atoms with Gasteiger partial charge in [0.05, 0.1) is 12.2 Å². The first-order chi connectivity index (χ1) is 9.24. The smallest absolute Gasteiger partial charge is 0.338 e. The lowest BCUT2D eigenvalue weighted by Gasteiger charge is -1.99. The van der Waals surface area contributed by atoms with Crippen LogP contribution in [0.5, 0.6) is 0 Å². The minimum Gasteiger partial charge on any atom is -0.462 e. The average Bonchev–Trinajstić information content (AvgIpc) is 2.88. The highest BCUT2D eigenvalue weighted by atomic mass is 32.2. The molecular formula is C13H15N2O3S+. The molecule has 0 saturated heterocycles. The summed E-state index contributed by atoms with van der Waals surface area (Å²) in [6.45, 7) is 4.20. The van der Waals surface area contributed by atoms with Crippen molar-refractivity contribution in [3.05, 3.63) is 36.0 Å². The van der Waals surface area contributed by atoms with E-state index in [0.717, 1.165) is 16.5 Å². The highest BCUT2D eigenvalue weighted by molar-refractivity contribution is 7.99. The van der Waals surface area contributed by atoms with E-state index in [1.54, 1.807) is 47.6 Å². The summed E-state index contributed by atoms with van der Waals surface area (Å²) >= 11 is 1.58. The highest BCUT2D eigenvalue weighted by Gasteiger charge is 2.15.